The van der Waals surface area contributed by atoms with Crippen molar-refractivity contribution in [2.24, 2.45) is 0 Å². The number of hydrogen-bond acceptors (Lipinski definition) is 6. The average molecular weight is 1110 g/mol. The standard InChI is InChI=1S/C75H116O6/c1-4-7-10-13-16-19-22-25-27-29-31-32-33-34-35-36-37-38-39-40-41-42-44-45-47-50-53-56-59-62-65-68-74(77)80-71-72(70-79-73(76)67-64-61-58-55-52-49-24-21-18-15-12-9-6-3)81-75(78)69-66-63-60-57-54-51-48-46-43-30-28-26-23-20-17-14-11-8-5-2/h7-12,16-21,25-28,31-32,34-35,43,46,49,51-52,54,58,60-61,63,72H,4-6,13-15,22-24,29-30,33,36-42,44-45,47-48,50,53,55-57,59,62,64-71H2,1-3H3/b10-7-,11-8-,12-9-,19-16-,20-17-,21-18-,27-25-,28-26-,32-31-,35-34-,46-43-,52-49-,54-51-,61-58-,63-60-. The van der Waals surface area contributed by atoms with E-state index in [0.29, 0.717) is 19.3 Å². The highest BCUT2D eigenvalue weighted by Gasteiger charge is 2.19. The summed E-state index contributed by atoms with van der Waals surface area (Å²) in [5.41, 5.74) is 0. The minimum Gasteiger partial charge on any atom is -0.462 e. The number of ether oxygens (including phenoxy) is 3. The number of esters is 3. The first kappa shape index (κ1) is 75.5. The van der Waals surface area contributed by atoms with Crippen LogP contribution in [-0.4, -0.2) is 37.2 Å². The molecule has 0 amide bonds. The van der Waals surface area contributed by atoms with E-state index in [9.17, 15) is 14.4 Å². The maximum atomic E-state index is 12.9. The number of carbonyl (C=O) groups excluding carboxylic acids is 3. The highest BCUT2D eigenvalue weighted by molar-refractivity contribution is 5.71. The summed E-state index contributed by atoms with van der Waals surface area (Å²) < 4.78 is 16.7. The average Bonchev–Trinajstić information content (AvgIpc) is 3.46. The molecule has 6 heteroatoms. The Balaban J connectivity index is 4.38. The van der Waals surface area contributed by atoms with Crippen LogP contribution in [0, 0.1) is 0 Å². The van der Waals surface area contributed by atoms with Crippen molar-refractivity contribution < 1.29 is 28.6 Å². The summed E-state index contributed by atoms with van der Waals surface area (Å²) in [6, 6.07) is 0. The molecule has 6 nitrogen and oxygen atoms in total. The summed E-state index contributed by atoms with van der Waals surface area (Å²) in [4.78, 5) is 38.2. The molecule has 0 heterocycles. The quantitative estimate of drug-likeness (QED) is 0.0261. The van der Waals surface area contributed by atoms with Gasteiger partial charge < -0.3 is 14.2 Å². The number of rotatable bonds is 56. The van der Waals surface area contributed by atoms with Gasteiger partial charge in [-0.15, -0.1) is 0 Å². The van der Waals surface area contributed by atoms with Crippen LogP contribution in [0.2, 0.25) is 0 Å². The predicted octanol–water partition coefficient (Wildman–Crippen LogP) is 22.4. The van der Waals surface area contributed by atoms with Crippen LogP contribution in [0.1, 0.15) is 252 Å². The van der Waals surface area contributed by atoms with Gasteiger partial charge in [-0.25, -0.2) is 0 Å². The lowest BCUT2D eigenvalue weighted by molar-refractivity contribution is -0.166. The van der Waals surface area contributed by atoms with Crippen LogP contribution < -0.4 is 0 Å². The normalized spacial score (nSPS) is 13.4. The molecular formula is C75H116O6. The van der Waals surface area contributed by atoms with Crippen molar-refractivity contribution >= 4 is 17.9 Å². The van der Waals surface area contributed by atoms with Crippen LogP contribution in [0.3, 0.4) is 0 Å². The van der Waals surface area contributed by atoms with E-state index in [-0.39, 0.29) is 38.0 Å². The van der Waals surface area contributed by atoms with Gasteiger partial charge >= 0.3 is 17.9 Å². The van der Waals surface area contributed by atoms with Crippen molar-refractivity contribution in [2.45, 2.75) is 258 Å². The molecule has 0 radical (unpaired) electrons. The first-order valence-electron chi connectivity index (χ1n) is 32.3. The third kappa shape index (κ3) is 65.2. The molecule has 0 rings (SSSR count). The van der Waals surface area contributed by atoms with Crippen molar-refractivity contribution in [1.29, 1.82) is 0 Å². The van der Waals surface area contributed by atoms with E-state index in [4.69, 9.17) is 14.2 Å². The first-order chi connectivity index (χ1) is 40.0. The van der Waals surface area contributed by atoms with E-state index in [1.54, 1.807) is 0 Å². The highest BCUT2D eigenvalue weighted by Crippen LogP contribution is 2.15. The molecular weight excluding hydrogens is 997 g/mol. The third-order valence-corrected chi connectivity index (χ3v) is 12.9. The Labute approximate surface area is 497 Å². The Hall–Kier alpha value is -5.49. The lowest BCUT2D eigenvalue weighted by Gasteiger charge is -2.18. The maximum Gasteiger partial charge on any atom is 0.306 e. The lowest BCUT2D eigenvalue weighted by Crippen LogP contribution is -2.30. The zero-order chi connectivity index (χ0) is 58.5. The highest BCUT2D eigenvalue weighted by atomic mass is 16.6. The van der Waals surface area contributed by atoms with Crippen molar-refractivity contribution in [2.75, 3.05) is 13.2 Å². The molecule has 0 bridgehead atoms. The first-order valence-corrected chi connectivity index (χ1v) is 32.3. The molecule has 81 heavy (non-hydrogen) atoms. The second-order valence-corrected chi connectivity index (χ2v) is 20.5. The summed E-state index contributed by atoms with van der Waals surface area (Å²) in [5.74, 6) is -1.11. The Morgan fingerprint density at radius 2 is 0.469 bits per heavy atom. The van der Waals surface area contributed by atoms with Gasteiger partial charge in [0.2, 0.25) is 0 Å². The van der Waals surface area contributed by atoms with Crippen molar-refractivity contribution in [3.63, 3.8) is 0 Å². The van der Waals surface area contributed by atoms with Crippen LogP contribution in [0.5, 0.6) is 0 Å². The molecule has 0 aromatic heterocycles. The van der Waals surface area contributed by atoms with Gasteiger partial charge in [0.25, 0.3) is 0 Å². The van der Waals surface area contributed by atoms with Crippen LogP contribution in [0.25, 0.3) is 0 Å². The number of allylic oxidation sites excluding steroid dienone is 30. The molecule has 0 N–H and O–H groups in total. The SMILES string of the molecule is CC/C=C\C/C=C\C/C=C\C/C=C\C/C=C\C/C=C\CCC(=O)OC(COC(=O)CC/C=C\C/C=C\C/C=C\C/C=C\CC)COC(=O)CCCCCCCCCCCCCCCCC/C=C\C/C=C\C/C=C\C/C=C\C/C=C\CC. The van der Waals surface area contributed by atoms with Gasteiger partial charge in [-0.05, 0) is 128 Å². The van der Waals surface area contributed by atoms with Gasteiger partial charge in [0, 0.05) is 19.3 Å². The van der Waals surface area contributed by atoms with Gasteiger partial charge in [-0.3, -0.25) is 14.4 Å². The van der Waals surface area contributed by atoms with Crippen molar-refractivity contribution in [3.8, 4) is 0 Å². The second-order valence-electron chi connectivity index (χ2n) is 20.5. The zero-order valence-corrected chi connectivity index (χ0v) is 51.7. The largest absolute Gasteiger partial charge is 0.462 e. The molecule has 1 atom stereocenters. The topological polar surface area (TPSA) is 78.9 Å². The van der Waals surface area contributed by atoms with E-state index >= 15 is 0 Å². The molecule has 1 unspecified atom stereocenters. The summed E-state index contributed by atoms with van der Waals surface area (Å²) >= 11 is 0. The molecule has 0 spiro atoms. The van der Waals surface area contributed by atoms with Crippen LogP contribution >= 0.6 is 0 Å². The van der Waals surface area contributed by atoms with E-state index in [1.807, 2.05) is 24.3 Å². The summed E-state index contributed by atoms with van der Waals surface area (Å²) in [7, 11) is 0. The molecule has 452 valence electrons. The zero-order valence-electron chi connectivity index (χ0n) is 51.7. The molecule has 0 aliphatic rings. The van der Waals surface area contributed by atoms with Crippen LogP contribution in [-0.2, 0) is 28.6 Å². The summed E-state index contributed by atoms with van der Waals surface area (Å²) in [6.07, 6.45) is 101. The Bertz CT molecular complexity index is 1900. The second kappa shape index (κ2) is 67.0. The fraction of sp³-hybridized carbons (Fsp3) is 0.560. The maximum absolute atomic E-state index is 12.9. The van der Waals surface area contributed by atoms with Gasteiger partial charge in [0.05, 0.1) is 0 Å². The van der Waals surface area contributed by atoms with Crippen LogP contribution in [0.4, 0.5) is 0 Å². The minimum absolute atomic E-state index is 0.138. The molecule has 0 saturated carbocycles. The Kier molecular flexibility index (Phi) is 62.5. The number of hydrogen-bond donors (Lipinski definition) is 0. The number of carbonyl (C=O) groups is 3. The van der Waals surface area contributed by atoms with Crippen LogP contribution in [0.15, 0.2) is 182 Å². The van der Waals surface area contributed by atoms with Gasteiger partial charge in [-0.2, -0.15) is 0 Å². The van der Waals surface area contributed by atoms with Gasteiger partial charge in [-0.1, -0.05) is 287 Å². The Morgan fingerprint density at radius 3 is 0.765 bits per heavy atom. The molecule has 0 fully saturated rings. The summed E-state index contributed by atoms with van der Waals surface area (Å²) in [6.45, 7) is 6.16. The fourth-order valence-corrected chi connectivity index (χ4v) is 8.21. The molecule has 0 aromatic rings. The molecule has 0 saturated heterocycles. The smallest absolute Gasteiger partial charge is 0.306 e. The lowest BCUT2D eigenvalue weighted by atomic mass is 10.0. The molecule has 0 aromatic carbocycles. The third-order valence-electron chi connectivity index (χ3n) is 12.9. The van der Waals surface area contributed by atoms with Crippen molar-refractivity contribution in [3.05, 3.63) is 182 Å². The van der Waals surface area contributed by atoms with Gasteiger partial charge in [0.1, 0.15) is 13.2 Å². The van der Waals surface area contributed by atoms with E-state index in [2.05, 4.69) is 179 Å². The predicted molar refractivity (Wildman–Crippen MR) is 352 cm³/mol. The van der Waals surface area contributed by atoms with Crippen molar-refractivity contribution in [1.82, 2.24) is 0 Å². The monoisotopic (exact) mass is 1110 g/mol. The molecule has 0 aliphatic carbocycles. The van der Waals surface area contributed by atoms with Gasteiger partial charge in [0.15, 0.2) is 6.10 Å². The van der Waals surface area contributed by atoms with E-state index < -0.39 is 12.1 Å². The fourth-order valence-electron chi connectivity index (χ4n) is 8.21. The Morgan fingerprint density at radius 1 is 0.247 bits per heavy atom. The molecule has 0 aliphatic heterocycles. The van der Waals surface area contributed by atoms with E-state index in [1.165, 1.54) is 83.5 Å². The minimum atomic E-state index is -0.857. The van der Waals surface area contributed by atoms with E-state index in [0.717, 1.165) is 116 Å². The number of unbranched alkanes of at least 4 members (excludes halogenated alkanes) is 15. The summed E-state index contributed by atoms with van der Waals surface area (Å²) in [5, 5.41) is 0.